The van der Waals surface area contributed by atoms with Crippen molar-refractivity contribution in [2.45, 2.75) is 58.7 Å². The summed E-state index contributed by atoms with van der Waals surface area (Å²) in [6.07, 6.45) is 2.24. The lowest BCUT2D eigenvalue weighted by Crippen LogP contribution is -2.48. The second kappa shape index (κ2) is 6.87. The van der Waals surface area contributed by atoms with E-state index in [0.717, 1.165) is 25.9 Å². The second-order valence-corrected chi connectivity index (χ2v) is 8.07. The number of hydrogen-bond donors (Lipinski definition) is 1. The zero-order chi connectivity index (χ0) is 13.8. The van der Waals surface area contributed by atoms with Gasteiger partial charge >= 0.3 is 0 Å². The Morgan fingerprint density at radius 3 is 2.22 bits per heavy atom. The third-order valence-corrected chi connectivity index (χ3v) is 5.61. The van der Waals surface area contributed by atoms with Gasteiger partial charge in [-0.25, -0.2) is 8.42 Å². The van der Waals surface area contributed by atoms with Crippen molar-refractivity contribution in [2.24, 2.45) is 0 Å². The fourth-order valence-corrected chi connectivity index (χ4v) is 3.63. The summed E-state index contributed by atoms with van der Waals surface area (Å²) in [4.78, 5) is 2.48. The van der Waals surface area contributed by atoms with Crippen LogP contribution in [-0.2, 0) is 9.84 Å². The van der Waals surface area contributed by atoms with Crippen molar-refractivity contribution >= 4 is 9.84 Å². The molecule has 0 unspecified atom stereocenters. The molecule has 1 aliphatic rings. The third-order valence-electron chi connectivity index (χ3n) is 3.72. The zero-order valence-electron chi connectivity index (χ0n) is 12.1. The van der Waals surface area contributed by atoms with E-state index in [0.29, 0.717) is 12.1 Å². The summed E-state index contributed by atoms with van der Waals surface area (Å²) < 4.78 is 23.1. The molecule has 1 aliphatic heterocycles. The molecule has 1 heterocycles. The fraction of sp³-hybridized carbons (Fsp3) is 1.00. The van der Waals surface area contributed by atoms with Crippen molar-refractivity contribution in [2.75, 3.05) is 24.6 Å². The van der Waals surface area contributed by atoms with Crippen molar-refractivity contribution < 1.29 is 8.42 Å². The topological polar surface area (TPSA) is 49.4 Å². The number of sulfone groups is 1. The molecule has 1 saturated heterocycles. The van der Waals surface area contributed by atoms with Gasteiger partial charge in [-0.2, -0.15) is 0 Å². The van der Waals surface area contributed by atoms with E-state index in [-0.39, 0.29) is 17.5 Å². The first kappa shape index (κ1) is 15.9. The monoisotopic (exact) mass is 276 g/mol. The molecular formula is C13H28N2O2S. The van der Waals surface area contributed by atoms with E-state index in [2.05, 4.69) is 24.1 Å². The molecule has 0 amide bonds. The molecule has 0 saturated carbocycles. The fourth-order valence-electron chi connectivity index (χ4n) is 2.53. The van der Waals surface area contributed by atoms with E-state index in [9.17, 15) is 8.42 Å². The van der Waals surface area contributed by atoms with Crippen molar-refractivity contribution in [3.63, 3.8) is 0 Å². The molecule has 0 aromatic heterocycles. The van der Waals surface area contributed by atoms with Crippen LogP contribution in [0.2, 0.25) is 0 Å². The summed E-state index contributed by atoms with van der Waals surface area (Å²) in [7, 11) is -2.87. The van der Waals surface area contributed by atoms with Gasteiger partial charge in [0.1, 0.15) is 0 Å². The number of nitrogens with one attached hydrogen (secondary N) is 1. The normalized spacial score (nSPS) is 21.4. The van der Waals surface area contributed by atoms with Crippen molar-refractivity contribution in [3.8, 4) is 0 Å². The summed E-state index contributed by atoms with van der Waals surface area (Å²) in [6, 6.07) is 1.15. The maximum Gasteiger partial charge on any atom is 0.151 e. The molecule has 1 rings (SSSR count). The Hall–Kier alpha value is -0.130. The zero-order valence-corrected chi connectivity index (χ0v) is 13.0. The molecule has 0 radical (unpaired) electrons. The lowest BCUT2D eigenvalue weighted by molar-refractivity contribution is 0.158. The first-order valence-electron chi connectivity index (χ1n) is 7.04. The molecule has 0 spiro atoms. The third kappa shape index (κ3) is 5.24. The van der Waals surface area contributed by atoms with Gasteiger partial charge in [0.25, 0.3) is 0 Å². The molecule has 1 N–H and O–H groups in total. The minimum atomic E-state index is -2.87. The van der Waals surface area contributed by atoms with Crippen LogP contribution in [0.25, 0.3) is 0 Å². The van der Waals surface area contributed by atoms with Gasteiger partial charge < -0.3 is 10.2 Å². The van der Waals surface area contributed by atoms with Gasteiger partial charge in [0.15, 0.2) is 9.84 Å². The molecule has 108 valence electrons. The molecule has 0 aromatic rings. The Morgan fingerprint density at radius 2 is 1.78 bits per heavy atom. The number of rotatable bonds is 6. The molecule has 0 aromatic carbocycles. The molecule has 4 nitrogen and oxygen atoms in total. The summed E-state index contributed by atoms with van der Waals surface area (Å²) in [5.41, 5.74) is 0. The van der Waals surface area contributed by atoms with Crippen LogP contribution in [0.15, 0.2) is 0 Å². The van der Waals surface area contributed by atoms with Gasteiger partial charge in [0.2, 0.25) is 0 Å². The lowest BCUT2D eigenvalue weighted by Gasteiger charge is -2.36. The highest BCUT2D eigenvalue weighted by Crippen LogP contribution is 2.13. The van der Waals surface area contributed by atoms with Gasteiger partial charge in [-0.3, -0.25) is 0 Å². The summed E-state index contributed by atoms with van der Waals surface area (Å²) in [5, 5.41) is 3.46. The second-order valence-electron chi connectivity index (χ2n) is 5.67. The van der Waals surface area contributed by atoms with Gasteiger partial charge in [-0.1, -0.05) is 6.92 Å². The van der Waals surface area contributed by atoms with Gasteiger partial charge in [0.05, 0.1) is 5.75 Å². The average molecular weight is 276 g/mol. The highest BCUT2D eigenvalue weighted by atomic mass is 32.2. The smallest absolute Gasteiger partial charge is 0.151 e. The summed E-state index contributed by atoms with van der Waals surface area (Å²) in [5.74, 6) is 0.499. The van der Waals surface area contributed by atoms with Gasteiger partial charge in [-0.05, 0) is 46.7 Å². The average Bonchev–Trinajstić information content (AvgIpc) is 2.29. The Labute approximate surface area is 112 Å². The quantitative estimate of drug-likeness (QED) is 0.794. The van der Waals surface area contributed by atoms with Crippen LogP contribution in [-0.4, -0.2) is 56.0 Å². The highest BCUT2D eigenvalue weighted by Gasteiger charge is 2.23. The van der Waals surface area contributed by atoms with Crippen molar-refractivity contribution in [3.05, 3.63) is 0 Å². The van der Waals surface area contributed by atoms with Crippen molar-refractivity contribution in [1.82, 2.24) is 10.2 Å². The van der Waals surface area contributed by atoms with Crippen LogP contribution in [0.1, 0.15) is 40.5 Å². The van der Waals surface area contributed by atoms with Crippen LogP contribution in [0.4, 0.5) is 0 Å². The Bertz CT molecular complexity index is 333. The number of likely N-dealkylation sites (tertiary alicyclic amines) is 1. The van der Waals surface area contributed by atoms with Crippen LogP contribution >= 0.6 is 0 Å². The van der Waals surface area contributed by atoms with Crippen molar-refractivity contribution in [1.29, 1.82) is 0 Å². The predicted octanol–water partition coefficient (Wildman–Crippen LogP) is 1.27. The lowest BCUT2D eigenvalue weighted by atomic mass is 10.0. The molecule has 5 heteroatoms. The Morgan fingerprint density at radius 1 is 1.22 bits per heavy atom. The number of hydrogen-bond acceptors (Lipinski definition) is 4. The van der Waals surface area contributed by atoms with Crippen LogP contribution in [0.3, 0.4) is 0 Å². The summed E-state index contributed by atoms with van der Waals surface area (Å²) >= 11 is 0. The first-order chi connectivity index (χ1) is 8.34. The highest BCUT2D eigenvalue weighted by molar-refractivity contribution is 7.91. The first-order valence-corrected chi connectivity index (χ1v) is 8.86. The Kier molecular flexibility index (Phi) is 6.08. The SMILES string of the molecule is CCS(=O)(=O)C[C@H](C)NC1CCN(C(C)C)CC1. The molecule has 0 bridgehead atoms. The predicted molar refractivity (Wildman–Crippen MR) is 76.7 cm³/mol. The standard InChI is InChI=1S/C13H28N2O2S/c1-5-18(16,17)10-12(4)14-13-6-8-15(9-7-13)11(2)3/h11-14H,5-10H2,1-4H3/t12-/m0/s1. The van der Waals surface area contributed by atoms with Gasteiger partial charge in [0, 0.05) is 23.9 Å². The number of piperidine rings is 1. The summed E-state index contributed by atoms with van der Waals surface area (Å²) in [6.45, 7) is 10.4. The number of nitrogens with zero attached hydrogens (tertiary/aromatic N) is 1. The van der Waals surface area contributed by atoms with Crippen LogP contribution < -0.4 is 5.32 Å². The maximum atomic E-state index is 11.5. The minimum Gasteiger partial charge on any atom is -0.310 e. The van der Waals surface area contributed by atoms with E-state index < -0.39 is 9.84 Å². The minimum absolute atomic E-state index is 0.0607. The van der Waals surface area contributed by atoms with Crippen LogP contribution in [0.5, 0.6) is 0 Å². The largest absolute Gasteiger partial charge is 0.310 e. The van der Waals surface area contributed by atoms with E-state index in [1.165, 1.54) is 0 Å². The van der Waals surface area contributed by atoms with E-state index in [1.54, 1.807) is 6.92 Å². The van der Waals surface area contributed by atoms with E-state index in [4.69, 9.17) is 0 Å². The molecule has 18 heavy (non-hydrogen) atoms. The van der Waals surface area contributed by atoms with E-state index in [1.807, 2.05) is 6.92 Å². The molecular weight excluding hydrogens is 248 g/mol. The van der Waals surface area contributed by atoms with E-state index >= 15 is 0 Å². The van der Waals surface area contributed by atoms with Gasteiger partial charge in [-0.15, -0.1) is 0 Å². The van der Waals surface area contributed by atoms with Crippen LogP contribution in [0, 0.1) is 0 Å². The molecule has 1 atom stereocenters. The maximum absolute atomic E-state index is 11.5. The molecule has 0 aliphatic carbocycles. The Balaban J connectivity index is 2.33. The molecule has 1 fully saturated rings.